The number of aromatic nitrogens is 2. The molecule has 0 saturated heterocycles. The Labute approximate surface area is 137 Å². The van der Waals surface area contributed by atoms with Crippen LogP contribution in [0.1, 0.15) is 0 Å². The van der Waals surface area contributed by atoms with Gasteiger partial charge in [0.2, 0.25) is 0 Å². The molecule has 2 heterocycles. The maximum absolute atomic E-state index is 12.8. The third-order valence-corrected chi connectivity index (χ3v) is 4.88. The first-order valence-electron chi connectivity index (χ1n) is 6.58. The summed E-state index contributed by atoms with van der Waals surface area (Å²) in [5.74, 6) is 0. The van der Waals surface area contributed by atoms with E-state index in [1.807, 2.05) is 17.7 Å². The minimum Gasteiger partial charge on any atom is -0.283 e. The van der Waals surface area contributed by atoms with Gasteiger partial charge >= 0.3 is 11.9 Å². The van der Waals surface area contributed by atoms with Gasteiger partial charge in [-0.05, 0) is 35.9 Å². The number of hydrogen-bond acceptors (Lipinski definition) is 4. The zero-order valence-electron chi connectivity index (χ0n) is 11.9. The number of hydrogen-bond donors (Lipinski definition) is 0. The van der Waals surface area contributed by atoms with Crippen LogP contribution in [0.25, 0.3) is 21.5 Å². The van der Waals surface area contributed by atoms with Gasteiger partial charge in [0.1, 0.15) is 6.54 Å². The van der Waals surface area contributed by atoms with Crippen molar-refractivity contribution in [2.45, 2.75) is 17.6 Å². The summed E-state index contributed by atoms with van der Waals surface area (Å²) in [6.45, 7) is -1.35. The topological polar surface area (TPSA) is 34.9 Å². The highest BCUT2D eigenvalue weighted by molar-refractivity contribution is 7.98. The van der Waals surface area contributed by atoms with Crippen LogP contribution >= 0.6 is 23.1 Å². The van der Waals surface area contributed by atoms with Crippen molar-refractivity contribution in [2.24, 2.45) is 0 Å². The molecular formula is C15H11F3N2OS2. The molecular weight excluding hydrogens is 345 g/mol. The Balaban J connectivity index is 2.34. The predicted octanol–water partition coefficient (Wildman–Crippen LogP) is 4.41. The second-order valence-electron chi connectivity index (χ2n) is 4.80. The lowest BCUT2D eigenvalue weighted by Crippen LogP contribution is -2.30. The normalized spacial score (nSPS) is 12.0. The molecule has 0 radical (unpaired) electrons. The van der Waals surface area contributed by atoms with Crippen LogP contribution in [0.5, 0.6) is 0 Å². The van der Waals surface area contributed by atoms with E-state index in [0.29, 0.717) is 15.6 Å². The Morgan fingerprint density at radius 1 is 1.30 bits per heavy atom. The number of thiophene rings is 1. The molecule has 0 saturated carbocycles. The molecule has 0 aliphatic carbocycles. The molecule has 3 nitrogen and oxygen atoms in total. The van der Waals surface area contributed by atoms with Gasteiger partial charge < -0.3 is 0 Å². The zero-order chi connectivity index (χ0) is 16.6. The van der Waals surface area contributed by atoms with E-state index in [-0.39, 0.29) is 5.52 Å². The Bertz CT molecular complexity index is 901. The SMILES string of the molecule is CSc1ccc2c(c1)c(-c1cccs1)nc(=O)n2CC(F)(F)F. The third kappa shape index (κ3) is 3.28. The summed E-state index contributed by atoms with van der Waals surface area (Å²) in [4.78, 5) is 17.7. The summed E-state index contributed by atoms with van der Waals surface area (Å²) in [7, 11) is 0. The number of benzene rings is 1. The van der Waals surface area contributed by atoms with Crippen molar-refractivity contribution in [3.05, 3.63) is 46.2 Å². The second-order valence-corrected chi connectivity index (χ2v) is 6.63. The van der Waals surface area contributed by atoms with E-state index in [4.69, 9.17) is 0 Å². The molecule has 0 fully saturated rings. The van der Waals surface area contributed by atoms with Gasteiger partial charge in [-0.15, -0.1) is 23.1 Å². The zero-order valence-corrected chi connectivity index (χ0v) is 13.6. The fraction of sp³-hybridized carbons (Fsp3) is 0.200. The summed E-state index contributed by atoms with van der Waals surface area (Å²) in [5, 5.41) is 2.38. The van der Waals surface area contributed by atoms with Gasteiger partial charge in [-0.25, -0.2) is 4.79 Å². The minimum atomic E-state index is -4.49. The van der Waals surface area contributed by atoms with Crippen LogP contribution in [0, 0.1) is 0 Å². The van der Waals surface area contributed by atoms with E-state index in [0.717, 1.165) is 9.77 Å². The van der Waals surface area contributed by atoms with Gasteiger partial charge in [-0.1, -0.05) is 6.07 Å². The van der Waals surface area contributed by atoms with Crippen molar-refractivity contribution in [2.75, 3.05) is 6.26 Å². The van der Waals surface area contributed by atoms with Gasteiger partial charge in [0, 0.05) is 10.3 Å². The highest BCUT2D eigenvalue weighted by Crippen LogP contribution is 2.32. The Kier molecular flexibility index (Phi) is 4.20. The summed E-state index contributed by atoms with van der Waals surface area (Å²) < 4.78 is 39.0. The lowest BCUT2D eigenvalue weighted by molar-refractivity contribution is -0.140. The Morgan fingerprint density at radius 3 is 2.70 bits per heavy atom. The molecule has 0 unspecified atom stereocenters. The standard InChI is InChI=1S/C15H11F3N2OS2/c1-22-9-4-5-11-10(7-9)13(12-3-2-6-23-12)19-14(21)20(11)8-15(16,17)18/h2-7H,8H2,1H3. The van der Waals surface area contributed by atoms with E-state index >= 15 is 0 Å². The van der Waals surface area contributed by atoms with Gasteiger partial charge in [-0.3, -0.25) is 4.57 Å². The highest BCUT2D eigenvalue weighted by Gasteiger charge is 2.30. The average Bonchev–Trinajstić information content (AvgIpc) is 3.02. The number of fused-ring (bicyclic) bond motifs is 1. The molecule has 23 heavy (non-hydrogen) atoms. The van der Waals surface area contributed by atoms with Crippen LogP contribution in [0.4, 0.5) is 13.2 Å². The molecule has 8 heteroatoms. The lowest BCUT2D eigenvalue weighted by atomic mass is 10.1. The molecule has 0 amide bonds. The van der Waals surface area contributed by atoms with Crippen LogP contribution in [0.3, 0.4) is 0 Å². The molecule has 2 aromatic heterocycles. The fourth-order valence-electron chi connectivity index (χ4n) is 2.32. The molecule has 3 rings (SSSR count). The molecule has 0 N–H and O–H groups in total. The molecule has 1 aromatic carbocycles. The number of nitrogens with zero attached hydrogens (tertiary/aromatic N) is 2. The lowest BCUT2D eigenvalue weighted by Gasteiger charge is -2.14. The van der Waals surface area contributed by atoms with Crippen LogP contribution in [-0.2, 0) is 6.54 Å². The van der Waals surface area contributed by atoms with Crippen LogP contribution in [0.2, 0.25) is 0 Å². The fourth-order valence-corrected chi connectivity index (χ4v) is 3.49. The summed E-state index contributed by atoms with van der Waals surface area (Å²) in [5.41, 5.74) is -0.229. The predicted molar refractivity (Wildman–Crippen MR) is 87.2 cm³/mol. The maximum Gasteiger partial charge on any atom is 0.406 e. The Hall–Kier alpha value is -1.80. The summed E-state index contributed by atoms with van der Waals surface area (Å²) in [6, 6.07) is 8.64. The number of alkyl halides is 3. The van der Waals surface area contributed by atoms with Crippen molar-refractivity contribution in [3.8, 4) is 10.6 Å². The summed E-state index contributed by atoms with van der Waals surface area (Å²) >= 11 is 2.87. The largest absolute Gasteiger partial charge is 0.406 e. The second kappa shape index (κ2) is 6.01. The molecule has 0 spiro atoms. The van der Waals surface area contributed by atoms with Crippen molar-refractivity contribution >= 4 is 34.0 Å². The Morgan fingerprint density at radius 2 is 2.09 bits per heavy atom. The van der Waals surface area contributed by atoms with Gasteiger partial charge in [0.05, 0.1) is 16.1 Å². The number of rotatable bonds is 3. The molecule has 120 valence electrons. The van der Waals surface area contributed by atoms with E-state index < -0.39 is 18.4 Å². The number of halogens is 3. The molecule has 0 aliphatic rings. The van der Waals surface area contributed by atoms with Crippen LogP contribution in [0.15, 0.2) is 45.4 Å². The first-order valence-corrected chi connectivity index (χ1v) is 8.69. The molecule has 0 atom stereocenters. The maximum atomic E-state index is 12.8. The third-order valence-electron chi connectivity index (χ3n) is 3.28. The highest BCUT2D eigenvalue weighted by atomic mass is 32.2. The molecule has 3 aromatic rings. The average molecular weight is 356 g/mol. The van der Waals surface area contributed by atoms with E-state index in [2.05, 4.69) is 4.98 Å². The molecule has 0 aliphatic heterocycles. The quantitative estimate of drug-likeness (QED) is 0.652. The smallest absolute Gasteiger partial charge is 0.283 e. The first kappa shape index (κ1) is 16.1. The summed E-state index contributed by atoms with van der Waals surface area (Å²) in [6.07, 6.45) is -2.60. The van der Waals surface area contributed by atoms with Crippen LogP contribution in [-0.4, -0.2) is 22.0 Å². The van der Waals surface area contributed by atoms with Crippen molar-refractivity contribution in [3.63, 3.8) is 0 Å². The minimum absolute atomic E-state index is 0.239. The van der Waals surface area contributed by atoms with Gasteiger partial charge in [-0.2, -0.15) is 18.2 Å². The van der Waals surface area contributed by atoms with E-state index in [1.54, 1.807) is 24.3 Å². The first-order chi connectivity index (χ1) is 10.9. The monoisotopic (exact) mass is 356 g/mol. The van der Waals surface area contributed by atoms with Crippen molar-refractivity contribution < 1.29 is 13.2 Å². The molecule has 0 bridgehead atoms. The van der Waals surface area contributed by atoms with Crippen molar-refractivity contribution in [1.29, 1.82) is 0 Å². The van der Waals surface area contributed by atoms with Crippen LogP contribution < -0.4 is 5.69 Å². The van der Waals surface area contributed by atoms with E-state index in [9.17, 15) is 18.0 Å². The van der Waals surface area contributed by atoms with Crippen molar-refractivity contribution in [1.82, 2.24) is 9.55 Å². The number of thioether (sulfide) groups is 1. The van der Waals surface area contributed by atoms with Gasteiger partial charge in [0.15, 0.2) is 0 Å². The van der Waals surface area contributed by atoms with E-state index in [1.165, 1.54) is 23.1 Å². The van der Waals surface area contributed by atoms with Gasteiger partial charge in [0.25, 0.3) is 0 Å².